The molecule has 0 aliphatic heterocycles. The van der Waals surface area contributed by atoms with Crippen LogP contribution in [0, 0.1) is 0 Å². The first-order valence-electron chi connectivity index (χ1n) is 19.3. The van der Waals surface area contributed by atoms with Gasteiger partial charge in [-0.1, -0.05) is 145 Å². The summed E-state index contributed by atoms with van der Waals surface area (Å²) in [7, 11) is 0. The molecule has 0 aromatic heterocycles. The maximum Gasteiger partial charge on any atom is 0.0629 e. The molecular formula is C40H26. The van der Waals surface area contributed by atoms with Crippen LogP contribution in [-0.4, -0.2) is 0 Å². The zero-order valence-corrected chi connectivity index (χ0v) is 21.0. The van der Waals surface area contributed by atoms with Crippen LogP contribution in [0.5, 0.6) is 0 Å². The lowest BCUT2D eigenvalue weighted by Gasteiger charge is -2.18. The predicted molar refractivity (Wildman–Crippen MR) is 173 cm³/mol. The van der Waals surface area contributed by atoms with Crippen molar-refractivity contribution in [1.82, 2.24) is 0 Å². The number of rotatable bonds is 3. The van der Waals surface area contributed by atoms with Crippen LogP contribution in [0.1, 0.15) is 17.8 Å². The second-order valence-electron chi connectivity index (χ2n) is 9.55. The van der Waals surface area contributed by atoms with Crippen LogP contribution in [0.15, 0.2) is 157 Å². The first-order chi connectivity index (χ1) is 25.2. The van der Waals surface area contributed by atoms with Crippen LogP contribution < -0.4 is 0 Å². The Morgan fingerprint density at radius 2 is 0.800 bits per heavy atom. The van der Waals surface area contributed by atoms with Crippen LogP contribution in [0.25, 0.3) is 76.5 Å². The zero-order valence-electron chi connectivity index (χ0n) is 34.0. The fourth-order valence-electron chi connectivity index (χ4n) is 5.58. The lowest BCUT2D eigenvalue weighted by molar-refractivity contribution is 1.65. The molecule has 0 nitrogen and oxygen atoms in total. The van der Waals surface area contributed by atoms with Crippen molar-refractivity contribution in [1.29, 1.82) is 0 Å². The van der Waals surface area contributed by atoms with Gasteiger partial charge >= 0.3 is 0 Å². The van der Waals surface area contributed by atoms with E-state index in [2.05, 4.69) is 6.07 Å². The number of benzene rings is 8. The molecule has 0 fully saturated rings. The summed E-state index contributed by atoms with van der Waals surface area (Å²) in [5.41, 5.74) is 1.89. The van der Waals surface area contributed by atoms with Crippen LogP contribution in [0.2, 0.25) is 0 Å². The molecule has 0 saturated carbocycles. The van der Waals surface area contributed by atoms with Crippen molar-refractivity contribution in [2.24, 2.45) is 0 Å². The van der Waals surface area contributed by atoms with E-state index in [1.807, 2.05) is 60.7 Å². The zero-order chi connectivity index (χ0) is 37.8. The van der Waals surface area contributed by atoms with Crippen molar-refractivity contribution in [2.75, 3.05) is 0 Å². The first kappa shape index (κ1) is 13.2. The molecule has 0 aliphatic rings. The van der Waals surface area contributed by atoms with Gasteiger partial charge in [0.05, 0.1) is 17.8 Å². The monoisotopic (exact) mass is 519 g/mol. The Morgan fingerprint density at radius 1 is 0.325 bits per heavy atom. The Morgan fingerprint density at radius 3 is 1.38 bits per heavy atom. The molecule has 0 saturated heterocycles. The maximum absolute atomic E-state index is 9.18. The van der Waals surface area contributed by atoms with Crippen molar-refractivity contribution in [2.45, 2.75) is 0 Å². The van der Waals surface area contributed by atoms with E-state index in [-0.39, 0.29) is 32.7 Å². The Bertz CT molecular complexity index is 2810. The number of hydrogen-bond acceptors (Lipinski definition) is 0. The Hall–Kier alpha value is -5.20. The van der Waals surface area contributed by atoms with Crippen LogP contribution in [-0.2, 0) is 0 Å². The third-order valence-electron chi connectivity index (χ3n) is 7.36. The van der Waals surface area contributed by atoms with E-state index < -0.39 is 84.1 Å². The fraction of sp³-hybridized carbons (Fsp3) is 0. The van der Waals surface area contributed by atoms with E-state index in [4.69, 9.17) is 15.1 Å². The molecule has 8 aromatic carbocycles. The smallest absolute Gasteiger partial charge is 0.0622 e. The molecule has 8 aromatic rings. The molecule has 40 heavy (non-hydrogen) atoms. The van der Waals surface area contributed by atoms with Gasteiger partial charge in [0.25, 0.3) is 0 Å². The summed E-state index contributed by atoms with van der Waals surface area (Å²) < 4.78 is 114. The molecule has 0 radical (unpaired) electrons. The van der Waals surface area contributed by atoms with E-state index in [9.17, 15) is 2.74 Å². The summed E-state index contributed by atoms with van der Waals surface area (Å²) in [6, 6.07) is 17.3. The minimum atomic E-state index is -0.703. The summed E-state index contributed by atoms with van der Waals surface area (Å²) >= 11 is 0. The van der Waals surface area contributed by atoms with Gasteiger partial charge in [0.15, 0.2) is 0 Å². The van der Waals surface area contributed by atoms with Crippen LogP contribution >= 0.6 is 0 Å². The van der Waals surface area contributed by atoms with Crippen LogP contribution in [0.4, 0.5) is 0 Å². The van der Waals surface area contributed by atoms with Crippen molar-refractivity contribution >= 4 is 43.1 Å². The van der Waals surface area contributed by atoms with Gasteiger partial charge in [-0.15, -0.1) is 0 Å². The Balaban J connectivity index is 1.55. The summed E-state index contributed by atoms with van der Waals surface area (Å²) in [4.78, 5) is 0. The molecule has 8 rings (SSSR count). The van der Waals surface area contributed by atoms with Crippen molar-refractivity contribution in [3.63, 3.8) is 0 Å². The largest absolute Gasteiger partial charge is 0.0629 e. The second-order valence-corrected chi connectivity index (χ2v) is 9.55. The number of hydrogen-bond donors (Lipinski definition) is 0. The van der Waals surface area contributed by atoms with Gasteiger partial charge < -0.3 is 0 Å². The molecule has 0 aliphatic carbocycles. The summed E-state index contributed by atoms with van der Waals surface area (Å²) in [6.07, 6.45) is 0. The molecule has 0 heterocycles. The van der Waals surface area contributed by atoms with Crippen LogP contribution in [0.3, 0.4) is 0 Å². The van der Waals surface area contributed by atoms with Gasteiger partial charge in [0.2, 0.25) is 0 Å². The van der Waals surface area contributed by atoms with E-state index >= 15 is 0 Å². The van der Waals surface area contributed by atoms with E-state index in [1.165, 1.54) is 0 Å². The molecule has 0 spiro atoms. The second kappa shape index (κ2) is 9.22. The van der Waals surface area contributed by atoms with Crippen molar-refractivity contribution in [3.05, 3.63) is 157 Å². The standard InChI is InChI=1S/C40H26/c1-3-11-27(12-4-1)29-21-23-33-30(25-29)19-20-31-26-32(22-24-34(31)33)40-37-17-9-7-15-35(37)39(28-13-5-2-6-14-28)36-16-8-10-18-38(36)40/h1-26H/i2D,5D,6D,7D,8D,9D,10D,13D,14D,15D,16D,17D,18D. The lowest BCUT2D eigenvalue weighted by atomic mass is 9.85. The minimum absolute atomic E-state index is 0.103. The highest BCUT2D eigenvalue weighted by atomic mass is 14.2. The average molecular weight is 520 g/mol. The molecule has 0 N–H and O–H groups in total. The van der Waals surface area contributed by atoms with Crippen molar-refractivity contribution < 1.29 is 17.8 Å². The fourth-order valence-corrected chi connectivity index (χ4v) is 5.58. The topological polar surface area (TPSA) is 0 Å². The SMILES string of the molecule is [2H]c1c([2H])c([2H])c(-c2c3c([2H])c([2H])c([2H])c([2H])c3c(-c3ccc4c(ccc5cc(-c6ccccc6)ccc54)c3)c3c([2H])c([2H])c([2H])c([2H])c23)c([2H])c1[2H]. The minimum Gasteiger partial charge on any atom is -0.0622 e. The van der Waals surface area contributed by atoms with Gasteiger partial charge in [-0.3, -0.25) is 0 Å². The van der Waals surface area contributed by atoms with Gasteiger partial charge in [-0.25, -0.2) is 0 Å². The number of fused-ring (bicyclic) bond motifs is 5. The molecule has 0 atom stereocenters. The summed E-state index contributed by atoms with van der Waals surface area (Å²) in [6.45, 7) is 0. The third kappa shape index (κ3) is 3.61. The molecule has 0 bridgehead atoms. The van der Waals surface area contributed by atoms with Gasteiger partial charge in [0.1, 0.15) is 0 Å². The highest BCUT2D eigenvalue weighted by molar-refractivity contribution is 6.22. The van der Waals surface area contributed by atoms with E-state index in [1.54, 1.807) is 12.1 Å². The molecular weight excluding hydrogens is 480 g/mol. The van der Waals surface area contributed by atoms with Crippen molar-refractivity contribution in [3.8, 4) is 33.4 Å². The molecule has 0 amide bonds. The lowest BCUT2D eigenvalue weighted by Crippen LogP contribution is -1.91. The molecule has 186 valence electrons. The third-order valence-corrected chi connectivity index (χ3v) is 7.36. The Labute approximate surface area is 252 Å². The molecule has 0 unspecified atom stereocenters. The molecule has 0 heteroatoms. The average Bonchev–Trinajstić information content (AvgIpc) is 3.18. The normalized spacial score (nSPS) is 16.1. The maximum atomic E-state index is 9.18. The quantitative estimate of drug-likeness (QED) is 0.161. The van der Waals surface area contributed by atoms with Gasteiger partial charge in [-0.2, -0.15) is 0 Å². The first-order valence-corrected chi connectivity index (χ1v) is 12.8. The van der Waals surface area contributed by atoms with Gasteiger partial charge in [0, 0.05) is 0 Å². The summed E-state index contributed by atoms with van der Waals surface area (Å²) in [5.74, 6) is 0. The predicted octanol–water partition coefficient (Wildman–Crippen LogP) is 11.3. The van der Waals surface area contributed by atoms with Gasteiger partial charge in [-0.05, 0) is 88.6 Å². The highest BCUT2D eigenvalue weighted by Gasteiger charge is 2.16. The van der Waals surface area contributed by atoms with E-state index in [0.29, 0.717) is 5.56 Å². The van der Waals surface area contributed by atoms with E-state index in [0.717, 1.165) is 32.7 Å². The Kier molecular flexibility index (Phi) is 3.05. The highest BCUT2D eigenvalue weighted by Crippen LogP contribution is 2.44. The summed E-state index contributed by atoms with van der Waals surface area (Å²) in [5, 5.41) is 2.94.